The van der Waals surface area contributed by atoms with E-state index in [-0.39, 0.29) is 16.3 Å². The second-order valence-corrected chi connectivity index (χ2v) is 5.18. The van der Waals surface area contributed by atoms with Crippen LogP contribution in [0.3, 0.4) is 0 Å². The van der Waals surface area contributed by atoms with Gasteiger partial charge in [0.05, 0.1) is 5.02 Å². The number of ether oxygens (including phenoxy) is 1. The third-order valence-corrected chi connectivity index (χ3v) is 3.46. The van der Waals surface area contributed by atoms with Gasteiger partial charge in [-0.1, -0.05) is 43.1 Å². The number of benzene rings is 2. The molecule has 0 amide bonds. The van der Waals surface area contributed by atoms with Crippen LogP contribution in [0.25, 0.3) is 0 Å². The van der Waals surface area contributed by atoms with Gasteiger partial charge in [-0.25, -0.2) is 4.79 Å². The summed E-state index contributed by atoms with van der Waals surface area (Å²) in [5.41, 5.74) is 1.29. The lowest BCUT2D eigenvalue weighted by atomic mass is 10.1. The standard InChI is InChI=1S/C17H17ClO3/c1-2-3-5-12-8-10-13(11-9-12)21-16-14(17(19)20)6-4-7-15(16)18/h4,6-11H,2-3,5H2,1H3,(H,19,20). The molecule has 0 bridgehead atoms. The molecule has 0 unspecified atom stereocenters. The molecular weight excluding hydrogens is 288 g/mol. The molecule has 1 N–H and O–H groups in total. The van der Waals surface area contributed by atoms with Crippen molar-refractivity contribution >= 4 is 17.6 Å². The molecule has 0 aromatic heterocycles. The van der Waals surface area contributed by atoms with Gasteiger partial charge in [-0.05, 0) is 42.7 Å². The molecule has 110 valence electrons. The van der Waals surface area contributed by atoms with Crippen LogP contribution in [0.5, 0.6) is 11.5 Å². The zero-order valence-electron chi connectivity index (χ0n) is 11.8. The number of hydrogen-bond acceptors (Lipinski definition) is 2. The number of unbranched alkanes of at least 4 members (excludes halogenated alkanes) is 1. The van der Waals surface area contributed by atoms with Crippen molar-refractivity contribution < 1.29 is 14.6 Å². The van der Waals surface area contributed by atoms with E-state index in [4.69, 9.17) is 16.3 Å². The van der Waals surface area contributed by atoms with Crippen molar-refractivity contribution in [2.24, 2.45) is 0 Å². The van der Waals surface area contributed by atoms with Crippen molar-refractivity contribution in [1.29, 1.82) is 0 Å². The van der Waals surface area contributed by atoms with E-state index < -0.39 is 5.97 Å². The maximum absolute atomic E-state index is 11.2. The molecule has 0 fully saturated rings. The maximum Gasteiger partial charge on any atom is 0.339 e. The number of rotatable bonds is 6. The molecule has 0 saturated heterocycles. The number of aromatic carboxylic acids is 1. The molecule has 0 saturated carbocycles. The molecule has 0 spiro atoms. The highest BCUT2D eigenvalue weighted by Crippen LogP contribution is 2.33. The minimum Gasteiger partial charge on any atom is -0.478 e. The van der Waals surface area contributed by atoms with Gasteiger partial charge in [0.1, 0.15) is 11.3 Å². The Bertz CT molecular complexity index is 620. The number of hydrogen-bond donors (Lipinski definition) is 1. The molecule has 0 aliphatic heterocycles. The zero-order chi connectivity index (χ0) is 15.2. The van der Waals surface area contributed by atoms with Gasteiger partial charge in [0, 0.05) is 0 Å². The first kappa shape index (κ1) is 15.4. The fourth-order valence-corrected chi connectivity index (χ4v) is 2.22. The van der Waals surface area contributed by atoms with E-state index in [2.05, 4.69) is 6.92 Å². The number of carboxylic acid groups (broad SMARTS) is 1. The van der Waals surface area contributed by atoms with Crippen molar-refractivity contribution in [3.63, 3.8) is 0 Å². The minimum absolute atomic E-state index is 0.0533. The van der Waals surface area contributed by atoms with E-state index in [0.717, 1.165) is 19.3 Å². The van der Waals surface area contributed by atoms with Crippen LogP contribution in [0.4, 0.5) is 0 Å². The Morgan fingerprint density at radius 3 is 2.52 bits per heavy atom. The third-order valence-electron chi connectivity index (χ3n) is 3.16. The van der Waals surface area contributed by atoms with Crippen LogP contribution < -0.4 is 4.74 Å². The summed E-state index contributed by atoms with van der Waals surface area (Å²) in [7, 11) is 0. The van der Waals surface area contributed by atoms with Crippen molar-refractivity contribution in [1.82, 2.24) is 0 Å². The molecule has 2 rings (SSSR count). The fourth-order valence-electron chi connectivity index (χ4n) is 2.00. The number of carbonyl (C=O) groups is 1. The highest BCUT2D eigenvalue weighted by atomic mass is 35.5. The summed E-state index contributed by atoms with van der Waals surface area (Å²) in [5, 5.41) is 9.45. The third kappa shape index (κ3) is 3.99. The molecule has 0 atom stereocenters. The topological polar surface area (TPSA) is 46.5 Å². The number of carboxylic acids is 1. The molecule has 4 heteroatoms. The van der Waals surface area contributed by atoms with Gasteiger partial charge in [0.25, 0.3) is 0 Å². The fraction of sp³-hybridized carbons (Fsp3) is 0.235. The van der Waals surface area contributed by atoms with E-state index >= 15 is 0 Å². The number of aryl methyl sites for hydroxylation is 1. The van der Waals surface area contributed by atoms with Crippen molar-refractivity contribution in [2.75, 3.05) is 0 Å². The number of para-hydroxylation sites is 1. The van der Waals surface area contributed by atoms with Gasteiger partial charge in [0.15, 0.2) is 5.75 Å². The zero-order valence-corrected chi connectivity index (χ0v) is 12.6. The predicted molar refractivity (Wildman–Crippen MR) is 83.5 cm³/mol. The molecule has 2 aromatic carbocycles. The second-order valence-electron chi connectivity index (χ2n) is 4.77. The summed E-state index contributed by atoms with van der Waals surface area (Å²) in [4.78, 5) is 11.2. The van der Waals surface area contributed by atoms with Gasteiger partial charge in [-0.15, -0.1) is 0 Å². The van der Waals surface area contributed by atoms with Crippen LogP contribution in [0.2, 0.25) is 5.02 Å². The summed E-state index contributed by atoms with van der Waals surface area (Å²) in [6.45, 7) is 2.16. The first-order chi connectivity index (χ1) is 10.1. The quantitative estimate of drug-likeness (QED) is 0.800. The Balaban J connectivity index is 2.20. The van der Waals surface area contributed by atoms with E-state index in [1.54, 1.807) is 12.1 Å². The molecule has 0 aliphatic carbocycles. The van der Waals surface area contributed by atoms with Crippen LogP contribution in [0, 0.1) is 0 Å². The van der Waals surface area contributed by atoms with E-state index in [0.29, 0.717) is 5.75 Å². The van der Waals surface area contributed by atoms with Crippen molar-refractivity contribution in [3.05, 3.63) is 58.6 Å². The van der Waals surface area contributed by atoms with Crippen LogP contribution in [-0.4, -0.2) is 11.1 Å². The first-order valence-corrected chi connectivity index (χ1v) is 7.28. The summed E-state index contributed by atoms with van der Waals surface area (Å²) in [6, 6.07) is 12.3. The summed E-state index contributed by atoms with van der Waals surface area (Å²) in [5.74, 6) is -0.314. The average Bonchev–Trinajstić information content (AvgIpc) is 2.48. The van der Waals surface area contributed by atoms with Crippen molar-refractivity contribution in [2.45, 2.75) is 26.2 Å². The normalized spacial score (nSPS) is 10.4. The summed E-state index contributed by atoms with van der Waals surface area (Å²) in [6.07, 6.45) is 3.33. The van der Waals surface area contributed by atoms with E-state index in [1.165, 1.54) is 11.6 Å². The lowest BCUT2D eigenvalue weighted by Crippen LogP contribution is -2.00. The summed E-state index contributed by atoms with van der Waals surface area (Å²) >= 11 is 6.03. The maximum atomic E-state index is 11.2. The van der Waals surface area contributed by atoms with Gasteiger partial charge in [0.2, 0.25) is 0 Å². The first-order valence-electron chi connectivity index (χ1n) is 6.90. The van der Waals surface area contributed by atoms with Crippen molar-refractivity contribution in [3.8, 4) is 11.5 Å². The van der Waals surface area contributed by atoms with Crippen LogP contribution in [0.15, 0.2) is 42.5 Å². The average molecular weight is 305 g/mol. The Hall–Kier alpha value is -2.00. The lowest BCUT2D eigenvalue weighted by Gasteiger charge is -2.11. The van der Waals surface area contributed by atoms with Crippen LogP contribution in [-0.2, 0) is 6.42 Å². The van der Waals surface area contributed by atoms with Gasteiger partial charge >= 0.3 is 5.97 Å². The van der Waals surface area contributed by atoms with Gasteiger partial charge in [-0.2, -0.15) is 0 Å². The van der Waals surface area contributed by atoms with Gasteiger partial charge in [-0.3, -0.25) is 0 Å². The molecule has 0 aliphatic rings. The lowest BCUT2D eigenvalue weighted by molar-refractivity contribution is 0.0694. The monoisotopic (exact) mass is 304 g/mol. The Morgan fingerprint density at radius 1 is 1.19 bits per heavy atom. The van der Waals surface area contributed by atoms with E-state index in [1.807, 2.05) is 24.3 Å². The largest absolute Gasteiger partial charge is 0.478 e. The Morgan fingerprint density at radius 2 is 1.90 bits per heavy atom. The van der Waals surface area contributed by atoms with Crippen LogP contribution >= 0.6 is 11.6 Å². The Kier molecular flexibility index (Phi) is 5.23. The number of halogens is 1. The highest BCUT2D eigenvalue weighted by Gasteiger charge is 2.15. The Labute approximate surface area is 129 Å². The SMILES string of the molecule is CCCCc1ccc(Oc2c(Cl)cccc2C(=O)O)cc1. The van der Waals surface area contributed by atoms with Gasteiger partial charge < -0.3 is 9.84 Å². The highest BCUT2D eigenvalue weighted by molar-refractivity contribution is 6.32. The molecule has 3 nitrogen and oxygen atoms in total. The molecule has 21 heavy (non-hydrogen) atoms. The second kappa shape index (κ2) is 7.14. The smallest absolute Gasteiger partial charge is 0.339 e. The molecular formula is C17H17ClO3. The van der Waals surface area contributed by atoms with Crippen LogP contribution in [0.1, 0.15) is 35.7 Å². The molecule has 0 heterocycles. The van der Waals surface area contributed by atoms with E-state index in [9.17, 15) is 9.90 Å². The molecule has 2 aromatic rings. The molecule has 0 radical (unpaired) electrons. The predicted octanol–water partition coefficient (Wildman–Crippen LogP) is 5.17. The summed E-state index contributed by atoms with van der Waals surface area (Å²) < 4.78 is 5.65. The minimum atomic E-state index is -1.06.